The smallest absolute Gasteiger partial charge is 0.141 e. The van der Waals surface area contributed by atoms with Crippen molar-refractivity contribution in [1.82, 2.24) is 4.98 Å². The molecule has 2 nitrogen and oxygen atoms in total. The Labute approximate surface area is 109 Å². The van der Waals surface area contributed by atoms with E-state index in [0.717, 1.165) is 0 Å². The summed E-state index contributed by atoms with van der Waals surface area (Å²) in [5.41, 5.74) is 1.13. The lowest BCUT2D eigenvalue weighted by Crippen LogP contribution is -2.08. The van der Waals surface area contributed by atoms with Crippen molar-refractivity contribution in [3.63, 3.8) is 0 Å². The highest BCUT2D eigenvalue weighted by molar-refractivity contribution is 6.31. The molecule has 1 heterocycles. The monoisotopic (exact) mass is 263 g/mol. The summed E-state index contributed by atoms with van der Waals surface area (Å²) in [4.78, 5) is 15.7. The molecule has 0 fully saturated rings. The van der Waals surface area contributed by atoms with Crippen molar-refractivity contribution in [2.75, 3.05) is 0 Å². The third kappa shape index (κ3) is 3.14. The molecule has 0 unspecified atom stereocenters. The number of benzene rings is 1. The molecule has 0 aliphatic heterocycles. The fraction of sp³-hybridized carbons (Fsp3) is 0.143. The molecular formula is C14H11ClFNO. The molecule has 0 N–H and O–H groups in total. The van der Waals surface area contributed by atoms with Gasteiger partial charge < -0.3 is 0 Å². The molecule has 92 valence electrons. The van der Waals surface area contributed by atoms with Crippen LogP contribution in [0.15, 0.2) is 42.7 Å². The topological polar surface area (TPSA) is 30.0 Å². The van der Waals surface area contributed by atoms with E-state index in [1.165, 1.54) is 12.3 Å². The van der Waals surface area contributed by atoms with Crippen LogP contribution in [-0.4, -0.2) is 10.8 Å². The second-order valence-electron chi connectivity index (χ2n) is 3.95. The molecule has 1 aromatic heterocycles. The second-order valence-corrected chi connectivity index (χ2v) is 4.36. The van der Waals surface area contributed by atoms with Gasteiger partial charge in [0.15, 0.2) is 0 Å². The molecule has 0 aliphatic rings. The summed E-state index contributed by atoms with van der Waals surface area (Å²) in [6.45, 7) is 0. The summed E-state index contributed by atoms with van der Waals surface area (Å²) in [6, 6.07) is 7.97. The normalized spacial score (nSPS) is 10.3. The zero-order chi connectivity index (χ0) is 13.0. The van der Waals surface area contributed by atoms with Crippen LogP contribution in [0.4, 0.5) is 4.39 Å². The van der Waals surface area contributed by atoms with Gasteiger partial charge >= 0.3 is 0 Å². The van der Waals surface area contributed by atoms with Gasteiger partial charge in [0.05, 0.1) is 5.02 Å². The fourth-order valence-electron chi connectivity index (χ4n) is 1.68. The van der Waals surface area contributed by atoms with Gasteiger partial charge in [0.2, 0.25) is 0 Å². The summed E-state index contributed by atoms with van der Waals surface area (Å²) in [7, 11) is 0. The van der Waals surface area contributed by atoms with Gasteiger partial charge in [-0.15, -0.1) is 0 Å². The highest BCUT2D eigenvalue weighted by atomic mass is 35.5. The van der Waals surface area contributed by atoms with Crippen molar-refractivity contribution in [3.05, 3.63) is 64.7 Å². The third-order valence-electron chi connectivity index (χ3n) is 2.59. The van der Waals surface area contributed by atoms with Crippen LogP contribution in [0.1, 0.15) is 11.1 Å². The number of carbonyl (C=O) groups is 1. The maximum Gasteiger partial charge on any atom is 0.141 e. The van der Waals surface area contributed by atoms with E-state index in [2.05, 4.69) is 4.98 Å². The first kappa shape index (κ1) is 12.7. The Hall–Kier alpha value is -1.74. The number of ketones is 1. The van der Waals surface area contributed by atoms with E-state index in [9.17, 15) is 9.18 Å². The summed E-state index contributed by atoms with van der Waals surface area (Å²) >= 11 is 5.91. The van der Waals surface area contributed by atoms with Gasteiger partial charge in [0.1, 0.15) is 11.6 Å². The number of aromatic nitrogens is 1. The van der Waals surface area contributed by atoms with Crippen molar-refractivity contribution in [1.29, 1.82) is 0 Å². The quantitative estimate of drug-likeness (QED) is 0.848. The van der Waals surface area contributed by atoms with Crippen LogP contribution in [0.5, 0.6) is 0 Å². The van der Waals surface area contributed by atoms with E-state index in [0.29, 0.717) is 16.1 Å². The largest absolute Gasteiger partial charge is 0.299 e. The number of pyridine rings is 1. The molecule has 0 radical (unpaired) electrons. The van der Waals surface area contributed by atoms with E-state index >= 15 is 0 Å². The molecule has 0 spiro atoms. The molecule has 2 rings (SSSR count). The molecule has 0 amide bonds. The summed E-state index contributed by atoms with van der Waals surface area (Å²) in [5, 5.41) is 0.458. The average molecular weight is 264 g/mol. The standard InChI is InChI=1S/C14H11ClFNO/c15-13-9-17-6-5-10(13)7-12(18)8-11-3-1-2-4-14(11)16/h1-6,9H,7-8H2. The number of hydrogen-bond donors (Lipinski definition) is 0. The predicted octanol–water partition coefficient (Wildman–Crippen LogP) is 3.23. The van der Waals surface area contributed by atoms with Gasteiger partial charge in [0.25, 0.3) is 0 Å². The van der Waals surface area contributed by atoms with Gasteiger partial charge in [-0.1, -0.05) is 29.8 Å². The van der Waals surface area contributed by atoms with Crippen LogP contribution in [0.3, 0.4) is 0 Å². The highest BCUT2D eigenvalue weighted by Gasteiger charge is 2.10. The Morgan fingerprint density at radius 3 is 2.61 bits per heavy atom. The Balaban J connectivity index is 2.06. The first-order valence-electron chi connectivity index (χ1n) is 5.50. The molecule has 4 heteroatoms. The SMILES string of the molecule is O=C(Cc1ccccc1F)Cc1ccncc1Cl. The number of rotatable bonds is 4. The van der Waals surface area contributed by atoms with Gasteiger partial charge in [-0.05, 0) is 23.3 Å². The summed E-state index contributed by atoms with van der Waals surface area (Å²) in [6.07, 6.45) is 3.34. The van der Waals surface area contributed by atoms with Gasteiger partial charge in [-0.3, -0.25) is 9.78 Å². The summed E-state index contributed by atoms with van der Waals surface area (Å²) < 4.78 is 13.4. The van der Waals surface area contributed by atoms with Crippen LogP contribution in [0, 0.1) is 5.82 Å². The van der Waals surface area contributed by atoms with Gasteiger partial charge in [-0.25, -0.2) is 4.39 Å². The molecule has 1 aromatic carbocycles. The highest BCUT2D eigenvalue weighted by Crippen LogP contribution is 2.15. The van der Waals surface area contributed by atoms with Crippen molar-refractivity contribution < 1.29 is 9.18 Å². The third-order valence-corrected chi connectivity index (χ3v) is 2.93. The van der Waals surface area contributed by atoms with Gasteiger partial charge in [-0.2, -0.15) is 0 Å². The van der Waals surface area contributed by atoms with E-state index in [1.807, 2.05) is 0 Å². The molecule has 18 heavy (non-hydrogen) atoms. The van der Waals surface area contributed by atoms with E-state index in [1.54, 1.807) is 30.5 Å². The Morgan fingerprint density at radius 1 is 1.17 bits per heavy atom. The number of hydrogen-bond acceptors (Lipinski definition) is 2. The Kier molecular flexibility index (Phi) is 4.05. The predicted molar refractivity (Wildman–Crippen MR) is 68.1 cm³/mol. The van der Waals surface area contributed by atoms with Crippen LogP contribution >= 0.6 is 11.6 Å². The van der Waals surface area contributed by atoms with E-state index in [-0.39, 0.29) is 24.4 Å². The number of halogens is 2. The van der Waals surface area contributed by atoms with Crippen LogP contribution in [-0.2, 0) is 17.6 Å². The van der Waals surface area contributed by atoms with E-state index < -0.39 is 0 Å². The van der Waals surface area contributed by atoms with E-state index in [4.69, 9.17) is 11.6 Å². The lowest BCUT2D eigenvalue weighted by molar-refractivity contribution is -0.117. The van der Waals surface area contributed by atoms with Crippen LogP contribution in [0.2, 0.25) is 5.02 Å². The van der Waals surface area contributed by atoms with Crippen LogP contribution < -0.4 is 0 Å². The molecule has 2 aromatic rings. The second kappa shape index (κ2) is 5.74. The Bertz CT molecular complexity index is 522. The zero-order valence-corrected chi connectivity index (χ0v) is 10.3. The van der Waals surface area contributed by atoms with Crippen molar-refractivity contribution in [2.24, 2.45) is 0 Å². The van der Waals surface area contributed by atoms with Crippen molar-refractivity contribution >= 4 is 17.4 Å². The molecule has 0 saturated heterocycles. The molecule has 0 bridgehead atoms. The molecular weight excluding hydrogens is 253 g/mol. The first-order valence-corrected chi connectivity index (χ1v) is 5.88. The number of carbonyl (C=O) groups excluding carboxylic acids is 1. The minimum Gasteiger partial charge on any atom is -0.299 e. The number of nitrogens with zero attached hydrogens (tertiary/aromatic N) is 1. The lowest BCUT2D eigenvalue weighted by atomic mass is 10.0. The Morgan fingerprint density at radius 2 is 1.89 bits per heavy atom. The minimum atomic E-state index is -0.355. The zero-order valence-electron chi connectivity index (χ0n) is 9.57. The average Bonchev–Trinajstić information content (AvgIpc) is 2.35. The molecule has 0 aliphatic carbocycles. The maximum absolute atomic E-state index is 13.4. The van der Waals surface area contributed by atoms with Crippen molar-refractivity contribution in [2.45, 2.75) is 12.8 Å². The molecule has 0 saturated carbocycles. The van der Waals surface area contributed by atoms with Crippen molar-refractivity contribution in [3.8, 4) is 0 Å². The minimum absolute atomic E-state index is 0.0747. The maximum atomic E-state index is 13.4. The fourth-order valence-corrected chi connectivity index (χ4v) is 1.86. The first-order chi connectivity index (χ1) is 8.66. The van der Waals surface area contributed by atoms with Gasteiger partial charge in [0, 0.05) is 25.2 Å². The van der Waals surface area contributed by atoms with Crippen LogP contribution in [0.25, 0.3) is 0 Å². The molecule has 0 atom stereocenters. The lowest BCUT2D eigenvalue weighted by Gasteiger charge is -2.04. The summed E-state index contributed by atoms with van der Waals surface area (Å²) in [5.74, 6) is -0.431. The number of Topliss-reactive ketones (excluding diaryl/α,β-unsaturated/α-hetero) is 1.